The van der Waals surface area contributed by atoms with Crippen LogP contribution < -0.4 is 0 Å². The molecule has 7 nitrogen and oxygen atoms in total. The van der Waals surface area contributed by atoms with Crippen LogP contribution >= 0.6 is 0 Å². The van der Waals surface area contributed by atoms with Crippen molar-refractivity contribution in [2.45, 2.75) is 50.7 Å². The number of benzene rings is 1. The second kappa shape index (κ2) is 4.85. The van der Waals surface area contributed by atoms with Gasteiger partial charge in [0.1, 0.15) is 5.72 Å². The molecule has 4 atom stereocenters. The first-order valence-corrected chi connectivity index (χ1v) is 8.54. The molecule has 0 aromatic heterocycles. The zero-order chi connectivity index (χ0) is 19.0. The molecular formula is C19H21NO6. The van der Waals surface area contributed by atoms with Crippen LogP contribution in [0.15, 0.2) is 30.3 Å². The smallest absolute Gasteiger partial charge is 0.336 e. The van der Waals surface area contributed by atoms with Gasteiger partial charge in [-0.25, -0.2) is 4.79 Å². The van der Waals surface area contributed by atoms with Crippen molar-refractivity contribution in [2.75, 3.05) is 7.11 Å². The highest BCUT2D eigenvalue weighted by Gasteiger charge is 2.92. The van der Waals surface area contributed by atoms with Crippen molar-refractivity contribution in [3.63, 3.8) is 0 Å². The third-order valence-electron chi connectivity index (χ3n) is 6.12. The first-order chi connectivity index (χ1) is 12.2. The van der Waals surface area contributed by atoms with E-state index in [-0.39, 0.29) is 18.7 Å². The summed E-state index contributed by atoms with van der Waals surface area (Å²) in [6.45, 7) is 4.67. The van der Waals surface area contributed by atoms with Gasteiger partial charge in [-0.3, -0.25) is 14.5 Å². The lowest BCUT2D eigenvalue weighted by molar-refractivity contribution is -0.285. The summed E-state index contributed by atoms with van der Waals surface area (Å²) in [6, 6.07) is 9.27. The molecule has 138 valence electrons. The Balaban J connectivity index is 2.01. The second-order valence-corrected chi connectivity index (χ2v) is 7.56. The third-order valence-corrected chi connectivity index (χ3v) is 6.12. The lowest BCUT2D eigenvalue weighted by Gasteiger charge is -2.49. The fourth-order valence-corrected chi connectivity index (χ4v) is 5.47. The van der Waals surface area contributed by atoms with Crippen molar-refractivity contribution in [1.29, 1.82) is 0 Å². The highest BCUT2D eigenvalue weighted by molar-refractivity contribution is 6.01. The molecule has 0 unspecified atom stereocenters. The van der Waals surface area contributed by atoms with E-state index in [0.717, 1.165) is 5.56 Å². The summed E-state index contributed by atoms with van der Waals surface area (Å²) in [5.41, 5.74) is -3.24. The van der Waals surface area contributed by atoms with Crippen LogP contribution in [-0.4, -0.2) is 46.9 Å². The average Bonchev–Trinajstić information content (AvgIpc) is 2.99. The van der Waals surface area contributed by atoms with Gasteiger partial charge >= 0.3 is 11.9 Å². The molecule has 7 heteroatoms. The Bertz CT molecular complexity index is 825. The number of esters is 2. The lowest BCUT2D eigenvalue weighted by Crippen LogP contribution is -2.70. The molecule has 3 fully saturated rings. The van der Waals surface area contributed by atoms with Crippen molar-refractivity contribution in [3.8, 4) is 0 Å². The number of amides is 1. The fraction of sp³-hybridized carbons (Fsp3) is 0.526. The predicted molar refractivity (Wildman–Crippen MR) is 88.5 cm³/mol. The number of likely N-dealkylation sites (tertiary alicyclic amines) is 1. The zero-order valence-electron chi connectivity index (χ0n) is 15.2. The number of ether oxygens (including phenoxy) is 3. The molecule has 0 saturated carbocycles. The minimum Gasteiger partial charge on any atom is -0.468 e. The Morgan fingerprint density at radius 1 is 1.23 bits per heavy atom. The van der Waals surface area contributed by atoms with E-state index in [9.17, 15) is 14.4 Å². The van der Waals surface area contributed by atoms with Gasteiger partial charge in [-0.05, 0) is 12.5 Å². The van der Waals surface area contributed by atoms with Gasteiger partial charge in [0.25, 0.3) is 0 Å². The number of carbonyl (C=O) groups excluding carboxylic acids is 3. The van der Waals surface area contributed by atoms with Crippen LogP contribution in [0.2, 0.25) is 0 Å². The molecule has 3 heterocycles. The average molecular weight is 359 g/mol. The van der Waals surface area contributed by atoms with Crippen LogP contribution in [0.25, 0.3) is 0 Å². The molecule has 1 amide bonds. The van der Waals surface area contributed by atoms with Gasteiger partial charge in [-0.15, -0.1) is 0 Å². The first kappa shape index (κ1) is 17.0. The van der Waals surface area contributed by atoms with Crippen molar-refractivity contribution in [2.24, 2.45) is 5.41 Å². The van der Waals surface area contributed by atoms with Crippen LogP contribution in [0.1, 0.15) is 32.8 Å². The fourth-order valence-electron chi connectivity index (χ4n) is 5.47. The first-order valence-electron chi connectivity index (χ1n) is 8.54. The van der Waals surface area contributed by atoms with E-state index in [4.69, 9.17) is 14.2 Å². The number of fused-ring (bicyclic) bond motifs is 1. The molecule has 3 aliphatic heterocycles. The standard InChI is InChI=1S/C19H21NO6/c1-12(21)20-16(2)11-18(14(22)24-4)17(3,26-16)25-15(23)19(18,20)10-13-8-6-5-7-9-13/h5-9H,10-11H2,1-4H3/t16-,17-,18-,19+/m1/s1. The summed E-state index contributed by atoms with van der Waals surface area (Å²) in [7, 11) is 1.27. The van der Waals surface area contributed by atoms with E-state index in [1.807, 2.05) is 30.3 Å². The molecule has 1 aromatic rings. The number of carbonyl (C=O) groups is 3. The second-order valence-electron chi connectivity index (χ2n) is 7.56. The lowest BCUT2D eigenvalue weighted by atomic mass is 9.64. The van der Waals surface area contributed by atoms with E-state index in [1.54, 1.807) is 13.8 Å². The number of rotatable bonds is 3. The molecular weight excluding hydrogens is 338 g/mol. The van der Waals surface area contributed by atoms with Crippen LogP contribution in [0.5, 0.6) is 0 Å². The zero-order valence-corrected chi connectivity index (χ0v) is 15.2. The molecule has 0 N–H and O–H groups in total. The molecule has 3 saturated heterocycles. The summed E-state index contributed by atoms with van der Waals surface area (Å²) in [4.78, 5) is 40.2. The molecule has 0 aliphatic carbocycles. The molecule has 26 heavy (non-hydrogen) atoms. The van der Waals surface area contributed by atoms with Gasteiger partial charge in [0.2, 0.25) is 11.7 Å². The number of hydrogen-bond acceptors (Lipinski definition) is 6. The van der Waals surface area contributed by atoms with E-state index in [0.29, 0.717) is 0 Å². The minimum absolute atomic E-state index is 0.140. The third kappa shape index (κ3) is 1.60. The van der Waals surface area contributed by atoms with Crippen molar-refractivity contribution >= 4 is 17.8 Å². The summed E-state index contributed by atoms with van der Waals surface area (Å²) >= 11 is 0. The van der Waals surface area contributed by atoms with E-state index >= 15 is 0 Å². The quantitative estimate of drug-likeness (QED) is 0.759. The van der Waals surface area contributed by atoms with Gasteiger partial charge in [-0.1, -0.05) is 30.3 Å². The number of nitrogens with zero attached hydrogens (tertiary/aromatic N) is 1. The van der Waals surface area contributed by atoms with E-state index in [1.165, 1.54) is 18.9 Å². The molecule has 0 radical (unpaired) electrons. The predicted octanol–water partition coefficient (Wildman–Crippen LogP) is 1.40. The van der Waals surface area contributed by atoms with Crippen LogP contribution in [0.3, 0.4) is 0 Å². The monoisotopic (exact) mass is 359 g/mol. The van der Waals surface area contributed by atoms with E-state index in [2.05, 4.69) is 0 Å². The topological polar surface area (TPSA) is 82.1 Å². The summed E-state index contributed by atoms with van der Waals surface area (Å²) in [5.74, 6) is -3.07. The Morgan fingerprint density at radius 2 is 1.88 bits per heavy atom. The van der Waals surface area contributed by atoms with Crippen LogP contribution in [0, 0.1) is 5.41 Å². The van der Waals surface area contributed by atoms with Gasteiger partial charge in [0, 0.05) is 26.7 Å². The normalized spacial score (nSPS) is 39.8. The molecule has 3 aliphatic rings. The summed E-state index contributed by atoms with van der Waals surface area (Å²) < 4.78 is 16.7. The summed E-state index contributed by atoms with van der Waals surface area (Å²) in [6.07, 6.45) is 0.289. The Hall–Kier alpha value is -2.41. The van der Waals surface area contributed by atoms with Gasteiger partial charge < -0.3 is 14.2 Å². The highest BCUT2D eigenvalue weighted by Crippen LogP contribution is 2.72. The van der Waals surface area contributed by atoms with Crippen LogP contribution in [-0.2, 0) is 35.0 Å². The largest absolute Gasteiger partial charge is 0.468 e. The maximum absolute atomic E-state index is 13.2. The molecule has 2 bridgehead atoms. The summed E-state index contributed by atoms with van der Waals surface area (Å²) in [5, 5.41) is 0. The number of hydrogen-bond donors (Lipinski definition) is 0. The van der Waals surface area contributed by atoms with Crippen LogP contribution in [0.4, 0.5) is 0 Å². The number of methoxy groups -OCH3 is 1. The van der Waals surface area contributed by atoms with Gasteiger partial charge in [-0.2, -0.15) is 0 Å². The maximum atomic E-state index is 13.2. The van der Waals surface area contributed by atoms with E-state index < -0.39 is 34.4 Å². The molecule has 1 aromatic carbocycles. The maximum Gasteiger partial charge on any atom is 0.336 e. The molecule has 4 rings (SSSR count). The Morgan fingerprint density at radius 3 is 2.46 bits per heavy atom. The SMILES string of the molecule is COC(=O)[C@]12C[C@@]3(C)O[C@@]1(C)OC(=O)[C@]2(Cc1ccccc1)N3C(C)=O. The van der Waals surface area contributed by atoms with Gasteiger partial charge in [0.15, 0.2) is 11.0 Å². The van der Waals surface area contributed by atoms with Crippen molar-refractivity contribution in [3.05, 3.63) is 35.9 Å². The molecule has 0 spiro atoms. The van der Waals surface area contributed by atoms with Crippen molar-refractivity contribution in [1.82, 2.24) is 4.90 Å². The Kier molecular flexibility index (Phi) is 3.18. The highest BCUT2D eigenvalue weighted by atomic mass is 16.8. The Labute approximate surface area is 151 Å². The minimum atomic E-state index is -1.50. The van der Waals surface area contributed by atoms with Crippen molar-refractivity contribution < 1.29 is 28.6 Å². The van der Waals surface area contributed by atoms with Gasteiger partial charge in [0.05, 0.1) is 7.11 Å².